The number of nitrogens with zero attached hydrogens (tertiary/aromatic N) is 4. The number of aliphatic hydroxyl groups excluding tert-OH is 1. The molecule has 14 heavy (non-hydrogen) atoms. The molecule has 1 unspecified atom stereocenters. The number of aromatic nitrogens is 4. The Morgan fingerprint density at radius 1 is 1.57 bits per heavy atom. The van der Waals surface area contributed by atoms with Crippen molar-refractivity contribution >= 4 is 11.5 Å². The van der Waals surface area contributed by atoms with E-state index in [0.717, 1.165) is 5.82 Å². The Kier molecular flexibility index (Phi) is 2.28. The summed E-state index contributed by atoms with van der Waals surface area (Å²) in [6.45, 7) is 2.17. The van der Waals surface area contributed by atoms with Gasteiger partial charge in [0.25, 0.3) is 0 Å². The second-order valence-corrected chi connectivity index (χ2v) is 3.05. The van der Waals surface area contributed by atoms with E-state index < -0.39 is 6.10 Å². The third kappa shape index (κ3) is 1.64. The van der Waals surface area contributed by atoms with Crippen LogP contribution in [0.4, 0.5) is 5.82 Å². The van der Waals surface area contributed by atoms with Crippen molar-refractivity contribution in [2.75, 3.05) is 11.9 Å². The fraction of sp³-hybridized carbons (Fsp3) is 0.375. The van der Waals surface area contributed by atoms with E-state index in [-0.39, 0.29) is 0 Å². The summed E-state index contributed by atoms with van der Waals surface area (Å²) < 4.78 is 1.63. The first-order chi connectivity index (χ1) is 6.77. The Hall–Kier alpha value is -1.69. The van der Waals surface area contributed by atoms with E-state index in [1.165, 1.54) is 6.33 Å². The summed E-state index contributed by atoms with van der Waals surface area (Å²) >= 11 is 0. The number of nitrogens with one attached hydrogen (secondary N) is 1. The van der Waals surface area contributed by atoms with Crippen LogP contribution in [0.2, 0.25) is 0 Å². The molecule has 2 aromatic rings. The third-order valence-electron chi connectivity index (χ3n) is 1.77. The first-order valence-corrected chi connectivity index (χ1v) is 4.33. The molecule has 0 aliphatic carbocycles. The number of fused-ring (bicyclic) bond motifs is 1. The van der Waals surface area contributed by atoms with E-state index in [9.17, 15) is 0 Å². The van der Waals surface area contributed by atoms with Gasteiger partial charge in [-0.1, -0.05) is 0 Å². The number of hydrogen-bond donors (Lipinski definition) is 2. The molecule has 0 spiro atoms. The molecule has 0 saturated heterocycles. The summed E-state index contributed by atoms with van der Waals surface area (Å²) in [5.74, 6) is 0.723. The maximum atomic E-state index is 9.11. The first-order valence-electron chi connectivity index (χ1n) is 4.33. The minimum Gasteiger partial charge on any atom is -0.392 e. The molecule has 6 heteroatoms. The van der Waals surface area contributed by atoms with Crippen LogP contribution in [0.25, 0.3) is 5.65 Å². The molecule has 0 aromatic carbocycles. The molecule has 2 heterocycles. The molecule has 0 amide bonds. The monoisotopic (exact) mass is 193 g/mol. The quantitative estimate of drug-likeness (QED) is 0.713. The zero-order valence-electron chi connectivity index (χ0n) is 7.75. The molecule has 1 atom stereocenters. The van der Waals surface area contributed by atoms with Gasteiger partial charge in [0.1, 0.15) is 12.1 Å². The minimum atomic E-state index is -0.409. The molecule has 0 bridgehead atoms. The molecular weight excluding hydrogens is 182 g/mol. The summed E-state index contributed by atoms with van der Waals surface area (Å²) in [7, 11) is 0. The van der Waals surface area contributed by atoms with Crippen molar-refractivity contribution in [3.8, 4) is 0 Å². The number of rotatable bonds is 3. The van der Waals surface area contributed by atoms with Crippen molar-refractivity contribution in [2.45, 2.75) is 13.0 Å². The van der Waals surface area contributed by atoms with Crippen molar-refractivity contribution in [1.29, 1.82) is 0 Å². The Bertz CT molecular complexity index is 424. The van der Waals surface area contributed by atoms with Crippen LogP contribution in [0.3, 0.4) is 0 Å². The molecule has 0 fully saturated rings. The Morgan fingerprint density at radius 2 is 2.43 bits per heavy atom. The molecule has 6 nitrogen and oxygen atoms in total. The van der Waals surface area contributed by atoms with Gasteiger partial charge in [0.15, 0.2) is 5.65 Å². The van der Waals surface area contributed by atoms with Gasteiger partial charge in [-0.15, -0.1) is 0 Å². The molecule has 2 N–H and O–H groups in total. The highest BCUT2D eigenvalue weighted by molar-refractivity contribution is 5.44. The Labute approximate surface area is 80.6 Å². The standard InChI is InChI=1S/C8H11N5O/c1-6(14)2-10-7-3-9-4-8-11-5-12-13(7)8/h3-6,10,14H,2H2,1H3. The topological polar surface area (TPSA) is 75.3 Å². The van der Waals surface area contributed by atoms with Crippen LogP contribution >= 0.6 is 0 Å². The van der Waals surface area contributed by atoms with Gasteiger partial charge in [-0.05, 0) is 6.92 Å². The second kappa shape index (κ2) is 3.59. The van der Waals surface area contributed by atoms with Crippen molar-refractivity contribution < 1.29 is 5.11 Å². The van der Waals surface area contributed by atoms with Gasteiger partial charge in [0, 0.05) is 6.54 Å². The fourth-order valence-corrected chi connectivity index (χ4v) is 1.13. The number of hydrogen-bond acceptors (Lipinski definition) is 5. The minimum absolute atomic E-state index is 0.409. The molecule has 0 aliphatic rings. The summed E-state index contributed by atoms with van der Waals surface area (Å²) in [6, 6.07) is 0. The van der Waals surface area contributed by atoms with E-state index in [0.29, 0.717) is 12.2 Å². The van der Waals surface area contributed by atoms with Crippen molar-refractivity contribution in [3.63, 3.8) is 0 Å². The molecule has 2 aromatic heterocycles. The normalized spacial score (nSPS) is 13.0. The highest BCUT2D eigenvalue weighted by Crippen LogP contribution is 2.06. The van der Waals surface area contributed by atoms with Gasteiger partial charge >= 0.3 is 0 Å². The number of anilines is 1. The van der Waals surface area contributed by atoms with Crippen molar-refractivity contribution in [2.24, 2.45) is 0 Å². The maximum Gasteiger partial charge on any atom is 0.175 e. The summed E-state index contributed by atoms with van der Waals surface area (Å²) in [5, 5.41) is 16.1. The van der Waals surface area contributed by atoms with Gasteiger partial charge in [0.2, 0.25) is 0 Å². The second-order valence-electron chi connectivity index (χ2n) is 3.05. The van der Waals surface area contributed by atoms with Crippen LogP contribution in [-0.4, -0.2) is 37.3 Å². The summed E-state index contributed by atoms with van der Waals surface area (Å²) in [5.41, 5.74) is 0.681. The van der Waals surface area contributed by atoms with Crippen LogP contribution in [0.1, 0.15) is 6.92 Å². The summed E-state index contributed by atoms with van der Waals surface area (Å²) in [4.78, 5) is 7.99. The lowest BCUT2D eigenvalue weighted by molar-refractivity contribution is 0.208. The lowest BCUT2D eigenvalue weighted by Crippen LogP contribution is -2.17. The van der Waals surface area contributed by atoms with E-state index in [2.05, 4.69) is 20.4 Å². The maximum absolute atomic E-state index is 9.11. The van der Waals surface area contributed by atoms with E-state index in [1.807, 2.05) is 0 Å². The molecule has 0 saturated carbocycles. The summed E-state index contributed by atoms with van der Waals surface area (Å²) in [6.07, 6.45) is 4.32. The van der Waals surface area contributed by atoms with Gasteiger partial charge in [0.05, 0.1) is 18.5 Å². The predicted molar refractivity (Wildman–Crippen MR) is 51.0 cm³/mol. The smallest absolute Gasteiger partial charge is 0.175 e. The lowest BCUT2D eigenvalue weighted by atomic mass is 10.4. The van der Waals surface area contributed by atoms with Gasteiger partial charge in [-0.3, -0.25) is 4.98 Å². The highest BCUT2D eigenvalue weighted by atomic mass is 16.3. The molecule has 74 valence electrons. The highest BCUT2D eigenvalue weighted by Gasteiger charge is 2.02. The van der Waals surface area contributed by atoms with Gasteiger partial charge < -0.3 is 10.4 Å². The van der Waals surface area contributed by atoms with Gasteiger partial charge in [-0.25, -0.2) is 4.98 Å². The van der Waals surface area contributed by atoms with Crippen LogP contribution in [-0.2, 0) is 0 Å². The van der Waals surface area contributed by atoms with Gasteiger partial charge in [-0.2, -0.15) is 9.61 Å². The number of aliphatic hydroxyl groups is 1. The predicted octanol–water partition coefficient (Wildman–Crippen LogP) is -0.0830. The lowest BCUT2D eigenvalue weighted by Gasteiger charge is -2.08. The molecule has 2 rings (SSSR count). The fourth-order valence-electron chi connectivity index (χ4n) is 1.13. The van der Waals surface area contributed by atoms with Crippen LogP contribution in [0.5, 0.6) is 0 Å². The molecule has 0 radical (unpaired) electrons. The van der Waals surface area contributed by atoms with E-state index in [1.54, 1.807) is 23.8 Å². The first kappa shape index (κ1) is 8.89. The van der Waals surface area contributed by atoms with Crippen LogP contribution in [0.15, 0.2) is 18.7 Å². The molecule has 0 aliphatic heterocycles. The zero-order chi connectivity index (χ0) is 9.97. The van der Waals surface area contributed by atoms with Crippen molar-refractivity contribution in [3.05, 3.63) is 18.7 Å². The van der Waals surface area contributed by atoms with E-state index in [4.69, 9.17) is 5.11 Å². The zero-order valence-corrected chi connectivity index (χ0v) is 7.75. The average molecular weight is 193 g/mol. The van der Waals surface area contributed by atoms with Crippen LogP contribution < -0.4 is 5.32 Å². The third-order valence-corrected chi connectivity index (χ3v) is 1.77. The largest absolute Gasteiger partial charge is 0.392 e. The van der Waals surface area contributed by atoms with Crippen molar-refractivity contribution in [1.82, 2.24) is 19.6 Å². The SMILES string of the molecule is CC(O)CNc1cncc2ncnn12. The van der Waals surface area contributed by atoms with Crippen LogP contribution in [0, 0.1) is 0 Å². The van der Waals surface area contributed by atoms with E-state index >= 15 is 0 Å². The molecular formula is C8H11N5O. The Balaban J connectivity index is 2.27. The average Bonchev–Trinajstić information content (AvgIpc) is 2.62. The Morgan fingerprint density at radius 3 is 3.21 bits per heavy atom.